The Morgan fingerprint density at radius 2 is 1.97 bits per heavy atom. The molecule has 1 saturated heterocycles. The minimum atomic E-state index is -0.562. The molecule has 1 aliphatic heterocycles. The Balaban J connectivity index is 1.59. The van der Waals surface area contributed by atoms with E-state index in [1.165, 1.54) is 0 Å². The van der Waals surface area contributed by atoms with E-state index in [2.05, 4.69) is 17.3 Å². The van der Waals surface area contributed by atoms with Crippen LogP contribution in [0.3, 0.4) is 0 Å². The van der Waals surface area contributed by atoms with Crippen LogP contribution < -0.4 is 11.1 Å². The molecular formula is C22H31N5O2. The van der Waals surface area contributed by atoms with E-state index in [0.29, 0.717) is 19.5 Å². The van der Waals surface area contributed by atoms with Gasteiger partial charge in [-0.05, 0) is 42.9 Å². The molecule has 0 saturated carbocycles. The van der Waals surface area contributed by atoms with Crippen LogP contribution in [0.4, 0.5) is 0 Å². The van der Waals surface area contributed by atoms with Crippen LogP contribution in [-0.4, -0.2) is 45.1 Å². The number of likely N-dealkylation sites (tertiary alicyclic amines) is 1. The highest BCUT2D eigenvalue weighted by atomic mass is 16.2. The van der Waals surface area contributed by atoms with Crippen molar-refractivity contribution in [3.05, 3.63) is 42.1 Å². The lowest BCUT2D eigenvalue weighted by Gasteiger charge is -2.28. The zero-order valence-corrected chi connectivity index (χ0v) is 17.5. The lowest BCUT2D eigenvalue weighted by Crippen LogP contribution is -2.52. The summed E-state index contributed by atoms with van der Waals surface area (Å²) in [6, 6.07) is 9.10. The topological polar surface area (TPSA) is 93.2 Å². The zero-order chi connectivity index (χ0) is 21.0. The summed E-state index contributed by atoms with van der Waals surface area (Å²) in [4.78, 5) is 26.9. The van der Waals surface area contributed by atoms with Gasteiger partial charge in [0, 0.05) is 25.8 Å². The quantitative estimate of drug-likeness (QED) is 0.749. The van der Waals surface area contributed by atoms with Gasteiger partial charge >= 0.3 is 0 Å². The minimum absolute atomic E-state index is 0.0503. The number of carbonyl (C=O) groups is 2. The molecule has 2 aromatic rings. The van der Waals surface area contributed by atoms with Crippen molar-refractivity contribution < 1.29 is 9.59 Å². The first kappa shape index (κ1) is 21.0. The molecule has 7 heteroatoms. The van der Waals surface area contributed by atoms with Gasteiger partial charge in [-0.2, -0.15) is 5.10 Å². The van der Waals surface area contributed by atoms with Crippen molar-refractivity contribution in [1.82, 2.24) is 20.0 Å². The van der Waals surface area contributed by atoms with Crippen LogP contribution in [0.15, 0.2) is 36.5 Å². The SMILES string of the molecule is CCn1nccc1-c1ccc(CNC(=O)C2CCCN2C(=O)C(N)C(C)C)cc1. The van der Waals surface area contributed by atoms with E-state index in [4.69, 9.17) is 5.73 Å². The fourth-order valence-corrected chi connectivity index (χ4v) is 3.71. The summed E-state index contributed by atoms with van der Waals surface area (Å²) in [5, 5.41) is 7.28. The number of aryl methyl sites for hydroxylation is 1. The first-order valence-corrected chi connectivity index (χ1v) is 10.4. The van der Waals surface area contributed by atoms with Crippen molar-refractivity contribution in [3.63, 3.8) is 0 Å². The van der Waals surface area contributed by atoms with Crippen molar-refractivity contribution in [2.24, 2.45) is 11.7 Å². The third kappa shape index (κ3) is 4.67. The van der Waals surface area contributed by atoms with E-state index in [1.54, 1.807) is 11.1 Å². The van der Waals surface area contributed by atoms with Gasteiger partial charge in [-0.25, -0.2) is 0 Å². The van der Waals surface area contributed by atoms with Crippen molar-refractivity contribution in [3.8, 4) is 11.3 Å². The molecule has 1 fully saturated rings. The highest BCUT2D eigenvalue weighted by molar-refractivity contribution is 5.90. The monoisotopic (exact) mass is 397 g/mol. The van der Waals surface area contributed by atoms with Crippen LogP contribution in [0.5, 0.6) is 0 Å². The molecule has 2 atom stereocenters. The fourth-order valence-electron chi connectivity index (χ4n) is 3.71. The smallest absolute Gasteiger partial charge is 0.243 e. The third-order valence-electron chi connectivity index (χ3n) is 5.57. The van der Waals surface area contributed by atoms with E-state index in [1.807, 2.05) is 48.9 Å². The van der Waals surface area contributed by atoms with Crippen LogP contribution in [0, 0.1) is 5.92 Å². The summed E-state index contributed by atoms with van der Waals surface area (Å²) < 4.78 is 1.95. The minimum Gasteiger partial charge on any atom is -0.350 e. The second kappa shape index (κ2) is 9.22. The van der Waals surface area contributed by atoms with Gasteiger partial charge in [0.2, 0.25) is 11.8 Å². The average Bonchev–Trinajstić information content (AvgIpc) is 3.40. The van der Waals surface area contributed by atoms with Crippen molar-refractivity contribution in [1.29, 1.82) is 0 Å². The fraction of sp³-hybridized carbons (Fsp3) is 0.500. The first-order valence-electron chi connectivity index (χ1n) is 10.4. The van der Waals surface area contributed by atoms with E-state index in [-0.39, 0.29) is 17.7 Å². The number of aromatic nitrogens is 2. The molecule has 1 aromatic carbocycles. The lowest BCUT2D eigenvalue weighted by atomic mass is 10.0. The second-order valence-corrected chi connectivity index (χ2v) is 7.91. The average molecular weight is 398 g/mol. The van der Waals surface area contributed by atoms with E-state index in [0.717, 1.165) is 29.8 Å². The predicted molar refractivity (Wildman–Crippen MR) is 113 cm³/mol. The number of hydrogen-bond donors (Lipinski definition) is 2. The number of hydrogen-bond acceptors (Lipinski definition) is 4. The van der Waals surface area contributed by atoms with Gasteiger partial charge in [-0.1, -0.05) is 38.1 Å². The highest BCUT2D eigenvalue weighted by Crippen LogP contribution is 2.21. The molecule has 0 aliphatic carbocycles. The molecule has 2 unspecified atom stereocenters. The Hall–Kier alpha value is -2.67. The molecule has 156 valence electrons. The molecule has 29 heavy (non-hydrogen) atoms. The Labute approximate surface area is 172 Å². The Bertz CT molecular complexity index is 843. The third-order valence-corrected chi connectivity index (χ3v) is 5.57. The molecule has 0 radical (unpaired) electrons. The van der Waals surface area contributed by atoms with Crippen molar-refractivity contribution in [2.45, 2.75) is 58.8 Å². The highest BCUT2D eigenvalue weighted by Gasteiger charge is 2.36. The Morgan fingerprint density at radius 3 is 2.62 bits per heavy atom. The van der Waals surface area contributed by atoms with Gasteiger partial charge < -0.3 is 16.0 Å². The van der Waals surface area contributed by atoms with Gasteiger partial charge in [0.25, 0.3) is 0 Å². The zero-order valence-electron chi connectivity index (χ0n) is 17.5. The summed E-state index contributed by atoms with van der Waals surface area (Å²) in [5.41, 5.74) is 9.19. The Kier molecular flexibility index (Phi) is 6.69. The largest absolute Gasteiger partial charge is 0.350 e. The standard InChI is InChI=1S/C22H31N5O2/c1-4-27-18(11-12-25-27)17-9-7-16(8-10-17)14-24-21(28)19-6-5-13-26(19)22(29)20(23)15(2)3/h7-12,15,19-20H,4-6,13-14,23H2,1-3H3,(H,24,28). The molecule has 1 aliphatic rings. The number of benzene rings is 1. The number of rotatable bonds is 7. The molecule has 1 aromatic heterocycles. The molecule has 2 heterocycles. The molecule has 3 rings (SSSR count). The number of nitrogens with two attached hydrogens (primary N) is 1. The summed E-state index contributed by atoms with van der Waals surface area (Å²) in [6.45, 7) is 7.75. The molecule has 0 spiro atoms. The van der Waals surface area contributed by atoms with E-state index in [9.17, 15) is 9.59 Å². The van der Waals surface area contributed by atoms with Gasteiger partial charge in [0.05, 0.1) is 11.7 Å². The Morgan fingerprint density at radius 1 is 1.24 bits per heavy atom. The second-order valence-electron chi connectivity index (χ2n) is 7.91. The maximum Gasteiger partial charge on any atom is 0.243 e. The van der Waals surface area contributed by atoms with Crippen molar-refractivity contribution in [2.75, 3.05) is 6.54 Å². The maximum atomic E-state index is 12.7. The number of amides is 2. The van der Waals surface area contributed by atoms with Gasteiger partial charge in [0.1, 0.15) is 6.04 Å². The summed E-state index contributed by atoms with van der Waals surface area (Å²) in [5.74, 6) is -0.191. The van der Waals surface area contributed by atoms with Crippen LogP contribution in [0.2, 0.25) is 0 Å². The van der Waals surface area contributed by atoms with E-state index >= 15 is 0 Å². The summed E-state index contributed by atoms with van der Waals surface area (Å²) in [6.07, 6.45) is 3.31. The summed E-state index contributed by atoms with van der Waals surface area (Å²) in [7, 11) is 0. The first-order chi connectivity index (χ1) is 13.9. The predicted octanol–water partition coefficient (Wildman–Crippen LogP) is 2.16. The lowest BCUT2D eigenvalue weighted by molar-refractivity contribution is -0.140. The molecular weight excluding hydrogens is 366 g/mol. The van der Waals surface area contributed by atoms with Crippen LogP contribution in [0.25, 0.3) is 11.3 Å². The van der Waals surface area contributed by atoms with Crippen LogP contribution in [0.1, 0.15) is 39.2 Å². The summed E-state index contributed by atoms with van der Waals surface area (Å²) >= 11 is 0. The maximum absolute atomic E-state index is 12.7. The number of carbonyl (C=O) groups excluding carboxylic acids is 2. The molecule has 3 N–H and O–H groups in total. The van der Waals surface area contributed by atoms with Gasteiger partial charge in [-0.3, -0.25) is 14.3 Å². The van der Waals surface area contributed by atoms with Gasteiger partial charge in [0.15, 0.2) is 0 Å². The normalized spacial score (nSPS) is 17.6. The number of nitrogens with zero attached hydrogens (tertiary/aromatic N) is 3. The van der Waals surface area contributed by atoms with Crippen LogP contribution >= 0.6 is 0 Å². The van der Waals surface area contributed by atoms with Crippen molar-refractivity contribution >= 4 is 11.8 Å². The van der Waals surface area contributed by atoms with Crippen LogP contribution in [-0.2, 0) is 22.7 Å². The molecule has 7 nitrogen and oxygen atoms in total. The molecule has 0 bridgehead atoms. The van der Waals surface area contributed by atoms with E-state index < -0.39 is 12.1 Å². The molecule has 2 amide bonds. The van der Waals surface area contributed by atoms with Gasteiger partial charge in [-0.15, -0.1) is 0 Å². The number of nitrogens with one attached hydrogen (secondary N) is 1.